The molecule has 0 spiro atoms. The van der Waals surface area contributed by atoms with E-state index in [0.29, 0.717) is 16.9 Å². The van der Waals surface area contributed by atoms with E-state index in [1.54, 1.807) is 7.11 Å². The summed E-state index contributed by atoms with van der Waals surface area (Å²) >= 11 is 5.99. The normalized spacial score (nSPS) is 14.2. The molecule has 1 aliphatic rings. The second-order valence-electron chi connectivity index (χ2n) is 4.87. The van der Waals surface area contributed by atoms with Crippen LogP contribution in [0, 0.1) is 0 Å². The molecule has 2 heterocycles. The molecule has 1 aromatic heterocycles. The molecule has 1 aliphatic heterocycles. The molecule has 3 rings (SSSR count). The zero-order valence-electron chi connectivity index (χ0n) is 11.8. The number of nitrogens with zero attached hydrogens (tertiary/aromatic N) is 2. The minimum absolute atomic E-state index is 0.537. The van der Waals surface area contributed by atoms with Gasteiger partial charge in [-0.3, -0.25) is 0 Å². The van der Waals surface area contributed by atoms with Crippen LogP contribution in [0.1, 0.15) is 11.3 Å². The average molecular weight is 305 g/mol. The van der Waals surface area contributed by atoms with Crippen molar-refractivity contribution in [3.05, 3.63) is 40.5 Å². The van der Waals surface area contributed by atoms with Crippen molar-refractivity contribution in [2.45, 2.75) is 12.8 Å². The van der Waals surface area contributed by atoms with E-state index in [-0.39, 0.29) is 0 Å². The molecule has 0 saturated carbocycles. The molecule has 2 N–H and O–H groups in total. The highest BCUT2D eigenvalue weighted by atomic mass is 35.5. The maximum Gasteiger partial charge on any atom is 0.230 e. The third-order valence-electron chi connectivity index (χ3n) is 3.42. The highest BCUT2D eigenvalue weighted by molar-refractivity contribution is 6.30. The first-order valence-corrected chi connectivity index (χ1v) is 7.31. The van der Waals surface area contributed by atoms with Gasteiger partial charge >= 0.3 is 0 Å². The summed E-state index contributed by atoms with van der Waals surface area (Å²) in [6, 6.07) is 7.48. The first-order valence-electron chi connectivity index (χ1n) is 6.93. The number of fused-ring (bicyclic) bond motifs is 1. The van der Waals surface area contributed by atoms with Gasteiger partial charge in [0.05, 0.1) is 12.8 Å². The maximum absolute atomic E-state index is 5.99. The summed E-state index contributed by atoms with van der Waals surface area (Å²) in [4.78, 5) is 9.08. The van der Waals surface area contributed by atoms with E-state index in [4.69, 9.17) is 16.3 Å². The first-order chi connectivity index (χ1) is 10.3. The quantitative estimate of drug-likeness (QED) is 0.912. The maximum atomic E-state index is 5.99. The molecule has 2 aromatic rings. The van der Waals surface area contributed by atoms with Crippen molar-refractivity contribution < 1.29 is 4.74 Å². The van der Waals surface area contributed by atoms with Crippen LogP contribution in [0.3, 0.4) is 0 Å². The monoisotopic (exact) mass is 304 g/mol. The SMILES string of the molecule is COc1nc(Nc2cccc(Cl)c2)nc2c1CCNCC2. The van der Waals surface area contributed by atoms with E-state index in [1.807, 2.05) is 24.3 Å². The van der Waals surface area contributed by atoms with Crippen LogP contribution in [0.2, 0.25) is 5.02 Å². The lowest BCUT2D eigenvalue weighted by Gasteiger charge is -2.13. The average Bonchev–Trinajstić information content (AvgIpc) is 2.71. The second-order valence-corrected chi connectivity index (χ2v) is 5.30. The number of rotatable bonds is 3. The Labute approximate surface area is 128 Å². The highest BCUT2D eigenvalue weighted by Gasteiger charge is 2.17. The predicted molar refractivity (Wildman–Crippen MR) is 83.6 cm³/mol. The molecule has 0 fully saturated rings. The van der Waals surface area contributed by atoms with E-state index >= 15 is 0 Å². The number of benzene rings is 1. The Bertz CT molecular complexity index is 648. The molecule has 0 unspecified atom stereocenters. The predicted octanol–water partition coefficient (Wildman–Crippen LogP) is 2.57. The third kappa shape index (κ3) is 3.25. The number of halogens is 1. The van der Waals surface area contributed by atoms with Gasteiger partial charge in [0.2, 0.25) is 11.8 Å². The van der Waals surface area contributed by atoms with Crippen molar-refractivity contribution in [1.82, 2.24) is 15.3 Å². The lowest BCUT2D eigenvalue weighted by Crippen LogP contribution is -2.16. The Kier molecular flexibility index (Phi) is 4.22. The number of hydrogen-bond donors (Lipinski definition) is 2. The van der Waals surface area contributed by atoms with Gasteiger partial charge in [-0.15, -0.1) is 0 Å². The van der Waals surface area contributed by atoms with Crippen LogP contribution >= 0.6 is 11.6 Å². The molecule has 6 heteroatoms. The Hall–Kier alpha value is -1.85. The van der Waals surface area contributed by atoms with Gasteiger partial charge in [0.15, 0.2) is 0 Å². The van der Waals surface area contributed by atoms with Gasteiger partial charge < -0.3 is 15.4 Å². The lowest BCUT2D eigenvalue weighted by atomic mass is 10.1. The van der Waals surface area contributed by atoms with Gasteiger partial charge in [-0.2, -0.15) is 4.98 Å². The van der Waals surface area contributed by atoms with Gasteiger partial charge in [-0.05, 0) is 31.2 Å². The molecule has 0 saturated heterocycles. The Morgan fingerprint density at radius 2 is 2.10 bits per heavy atom. The minimum atomic E-state index is 0.537. The van der Waals surface area contributed by atoms with Gasteiger partial charge in [-0.25, -0.2) is 4.98 Å². The van der Waals surface area contributed by atoms with Crippen LogP contribution in [0.5, 0.6) is 5.88 Å². The van der Waals surface area contributed by atoms with Crippen molar-refractivity contribution in [3.63, 3.8) is 0 Å². The molecule has 0 radical (unpaired) electrons. The third-order valence-corrected chi connectivity index (χ3v) is 3.65. The first kappa shape index (κ1) is 14.1. The van der Waals surface area contributed by atoms with Crippen molar-refractivity contribution in [1.29, 1.82) is 0 Å². The molecule has 0 amide bonds. The summed E-state index contributed by atoms with van der Waals surface area (Å²) in [6.07, 6.45) is 1.76. The van der Waals surface area contributed by atoms with Gasteiger partial charge in [0, 0.05) is 29.2 Å². The van der Waals surface area contributed by atoms with Crippen molar-refractivity contribution >= 4 is 23.2 Å². The molecule has 1 aromatic carbocycles. The fraction of sp³-hybridized carbons (Fsp3) is 0.333. The zero-order valence-corrected chi connectivity index (χ0v) is 12.6. The molecule has 0 bridgehead atoms. The fourth-order valence-corrected chi connectivity index (χ4v) is 2.62. The number of ether oxygens (including phenoxy) is 1. The number of hydrogen-bond acceptors (Lipinski definition) is 5. The van der Waals surface area contributed by atoms with Gasteiger partial charge in [0.25, 0.3) is 0 Å². The number of methoxy groups -OCH3 is 1. The van der Waals surface area contributed by atoms with Crippen LogP contribution in [-0.2, 0) is 12.8 Å². The molecule has 0 atom stereocenters. The molecule has 5 nitrogen and oxygen atoms in total. The Balaban J connectivity index is 1.94. The summed E-state index contributed by atoms with van der Waals surface area (Å²) in [5.41, 5.74) is 2.99. The van der Waals surface area contributed by atoms with Crippen LogP contribution in [0.4, 0.5) is 11.6 Å². The van der Waals surface area contributed by atoms with Gasteiger partial charge in [0.1, 0.15) is 0 Å². The highest BCUT2D eigenvalue weighted by Crippen LogP contribution is 2.25. The van der Waals surface area contributed by atoms with Crippen LogP contribution in [0.25, 0.3) is 0 Å². The van der Waals surface area contributed by atoms with Crippen LogP contribution in [0.15, 0.2) is 24.3 Å². The van der Waals surface area contributed by atoms with E-state index in [2.05, 4.69) is 20.6 Å². The number of anilines is 2. The summed E-state index contributed by atoms with van der Waals surface area (Å²) in [6.45, 7) is 1.84. The number of aromatic nitrogens is 2. The van der Waals surface area contributed by atoms with Crippen LogP contribution < -0.4 is 15.4 Å². The van der Waals surface area contributed by atoms with Crippen LogP contribution in [-0.4, -0.2) is 30.2 Å². The summed E-state index contributed by atoms with van der Waals surface area (Å²) < 4.78 is 5.43. The van der Waals surface area contributed by atoms with E-state index in [1.165, 1.54) is 0 Å². The van der Waals surface area contributed by atoms with Gasteiger partial charge in [-0.1, -0.05) is 17.7 Å². The zero-order chi connectivity index (χ0) is 14.7. The smallest absolute Gasteiger partial charge is 0.230 e. The summed E-state index contributed by atoms with van der Waals surface area (Å²) in [5.74, 6) is 1.18. The minimum Gasteiger partial charge on any atom is -0.481 e. The lowest BCUT2D eigenvalue weighted by molar-refractivity contribution is 0.391. The topological polar surface area (TPSA) is 59.1 Å². The molecule has 21 heavy (non-hydrogen) atoms. The van der Waals surface area contributed by atoms with Crippen molar-refractivity contribution in [2.75, 3.05) is 25.5 Å². The molecular weight excluding hydrogens is 288 g/mol. The van der Waals surface area contributed by atoms with E-state index < -0.39 is 0 Å². The van der Waals surface area contributed by atoms with E-state index in [9.17, 15) is 0 Å². The summed E-state index contributed by atoms with van der Waals surface area (Å²) in [7, 11) is 1.64. The standard InChI is InChI=1S/C15H17ClN4O/c1-21-14-12-5-7-17-8-6-13(12)19-15(20-14)18-11-4-2-3-10(16)9-11/h2-4,9,17H,5-8H2,1H3,(H,18,19,20). The molecule has 110 valence electrons. The Morgan fingerprint density at radius 3 is 2.90 bits per heavy atom. The van der Waals surface area contributed by atoms with Crippen molar-refractivity contribution in [2.24, 2.45) is 0 Å². The molecule has 0 aliphatic carbocycles. The second kappa shape index (κ2) is 6.28. The fourth-order valence-electron chi connectivity index (χ4n) is 2.43. The van der Waals surface area contributed by atoms with E-state index in [0.717, 1.165) is 42.9 Å². The largest absolute Gasteiger partial charge is 0.481 e. The van der Waals surface area contributed by atoms with Crippen molar-refractivity contribution in [3.8, 4) is 5.88 Å². The summed E-state index contributed by atoms with van der Waals surface area (Å²) in [5, 5.41) is 7.22. The molecular formula is C15H17ClN4O. The Morgan fingerprint density at radius 1 is 1.24 bits per heavy atom. The number of nitrogens with one attached hydrogen (secondary N) is 2.